The first kappa shape index (κ1) is 16.1. The van der Waals surface area contributed by atoms with E-state index in [0.717, 1.165) is 10.8 Å². The van der Waals surface area contributed by atoms with Gasteiger partial charge in [0.2, 0.25) is 18.5 Å². The van der Waals surface area contributed by atoms with Crippen molar-refractivity contribution in [1.29, 1.82) is 0 Å². The van der Waals surface area contributed by atoms with Crippen molar-refractivity contribution in [3.05, 3.63) is 44.8 Å². The van der Waals surface area contributed by atoms with Gasteiger partial charge in [0, 0.05) is 27.8 Å². The van der Waals surface area contributed by atoms with Crippen LogP contribution >= 0.6 is 0 Å². The van der Waals surface area contributed by atoms with Crippen LogP contribution in [0.2, 0.25) is 0 Å². The summed E-state index contributed by atoms with van der Waals surface area (Å²) in [5.41, 5.74) is -0.276. The Kier molecular flexibility index (Phi) is 4.04. The van der Waals surface area contributed by atoms with Gasteiger partial charge >= 0.3 is 5.97 Å². The Morgan fingerprint density at radius 1 is 1.33 bits per heavy atom. The Labute approximate surface area is 136 Å². The lowest BCUT2D eigenvalue weighted by molar-refractivity contribution is -0.550. The van der Waals surface area contributed by atoms with Gasteiger partial charge in [-0.25, -0.2) is 9.18 Å². The summed E-state index contributed by atoms with van der Waals surface area (Å²) >= 11 is 0. The lowest BCUT2D eigenvalue weighted by atomic mass is 10.1. The number of carboxylic acid groups (broad SMARTS) is 1. The normalized spacial score (nSPS) is 15.1. The average molecular weight is 334 g/mol. The lowest BCUT2D eigenvalue weighted by Crippen LogP contribution is -2.41. The number of benzene rings is 1. The van der Waals surface area contributed by atoms with Crippen LogP contribution in [0.3, 0.4) is 0 Å². The number of nitrogens with zero attached hydrogens (tertiary/aromatic N) is 3. The number of pyridine rings is 1. The van der Waals surface area contributed by atoms with Crippen molar-refractivity contribution in [2.45, 2.75) is 13.5 Å². The monoisotopic (exact) mass is 334 g/mol. The average Bonchev–Trinajstić information content (AvgIpc) is 2.56. The van der Waals surface area contributed by atoms with Crippen molar-refractivity contribution in [2.75, 3.05) is 31.1 Å². The molecule has 1 aliphatic rings. The summed E-state index contributed by atoms with van der Waals surface area (Å²) in [7, 11) is 0. The zero-order chi connectivity index (χ0) is 17.4. The fraction of sp³-hybridized carbons (Fsp3) is 0.375. The molecule has 0 unspecified atom stereocenters. The maximum atomic E-state index is 14.5. The van der Waals surface area contributed by atoms with E-state index in [0.29, 0.717) is 30.8 Å². The number of aromatic nitrogens is 1. The second kappa shape index (κ2) is 6.03. The molecule has 0 saturated carbocycles. The molecule has 3 rings (SSSR count). The van der Waals surface area contributed by atoms with Crippen LogP contribution in [0.1, 0.15) is 17.3 Å². The smallest absolute Gasteiger partial charge is 0.341 e. The van der Waals surface area contributed by atoms with Gasteiger partial charge < -0.3 is 14.6 Å². The Morgan fingerprint density at radius 2 is 2.00 bits per heavy atom. The molecule has 0 aliphatic carbocycles. The van der Waals surface area contributed by atoms with E-state index in [1.54, 1.807) is 15.5 Å². The van der Waals surface area contributed by atoms with Crippen molar-refractivity contribution in [3.8, 4) is 0 Å². The zero-order valence-corrected chi connectivity index (χ0v) is 13.2. The number of carboxylic acids is 1. The second-order valence-corrected chi connectivity index (χ2v) is 5.70. The van der Waals surface area contributed by atoms with Crippen LogP contribution in [0.15, 0.2) is 23.1 Å². The summed E-state index contributed by atoms with van der Waals surface area (Å²) in [6.45, 7) is 3.63. The number of fused-ring (bicyclic) bond motifs is 1. The van der Waals surface area contributed by atoms with E-state index in [1.807, 2.05) is 6.92 Å². The molecule has 1 aromatic carbocycles. The molecule has 24 heavy (non-hydrogen) atoms. The highest BCUT2D eigenvalue weighted by Crippen LogP contribution is 2.26. The number of carbonyl (C=O) groups is 1. The summed E-state index contributed by atoms with van der Waals surface area (Å²) < 4.78 is 17.1. The van der Waals surface area contributed by atoms with Gasteiger partial charge in [-0.3, -0.25) is 4.79 Å². The van der Waals surface area contributed by atoms with E-state index in [4.69, 9.17) is 5.11 Å². The molecule has 1 N–H and O–H groups in total. The molecule has 2 heterocycles. The van der Waals surface area contributed by atoms with Gasteiger partial charge in [0.25, 0.3) is 0 Å². The number of hydrogen-bond donors (Lipinski definition) is 1. The standard InChI is InChI=1S/C16H16FN3O4/c1-2-18-9-11(16(22)23)15(21)10-7-12(17)14(8-13(10)18)19-3-5-20(24)6-4-19/h7-9H,2-6H2,1H3/p+1. The lowest BCUT2D eigenvalue weighted by Gasteiger charge is -2.25. The summed E-state index contributed by atoms with van der Waals surface area (Å²) in [5.74, 6) is -1.93. The number of aromatic carboxylic acids is 1. The summed E-state index contributed by atoms with van der Waals surface area (Å²) in [4.78, 5) is 36.6. The highest BCUT2D eigenvalue weighted by molar-refractivity contribution is 5.93. The molecule has 8 heteroatoms. The zero-order valence-electron chi connectivity index (χ0n) is 13.2. The Balaban J connectivity index is 2.20. The Bertz CT molecular complexity index is 896. The van der Waals surface area contributed by atoms with Gasteiger partial charge in [0.15, 0.2) is 0 Å². The molecule has 0 spiro atoms. The first-order chi connectivity index (χ1) is 11.4. The third-order valence-corrected chi connectivity index (χ3v) is 4.30. The van der Waals surface area contributed by atoms with Crippen LogP contribution in [0.5, 0.6) is 0 Å². The van der Waals surface area contributed by atoms with Crippen molar-refractivity contribution in [1.82, 2.24) is 4.57 Å². The molecule has 1 saturated heterocycles. The SMILES string of the molecule is CCn1cc(C(=O)O)c(=O)c2cc(F)c(N3CC[N+](=O)CC3)cc21. The maximum absolute atomic E-state index is 14.5. The topological polar surface area (TPSA) is 82.6 Å². The maximum Gasteiger partial charge on any atom is 0.341 e. The molecule has 0 amide bonds. The number of nitroso groups, excluding NO2 is 1. The van der Waals surface area contributed by atoms with Crippen molar-refractivity contribution >= 4 is 22.6 Å². The van der Waals surface area contributed by atoms with E-state index >= 15 is 0 Å². The second-order valence-electron chi connectivity index (χ2n) is 5.70. The molecular formula is C16H17FN3O4+. The van der Waals surface area contributed by atoms with E-state index in [-0.39, 0.29) is 24.0 Å². The van der Waals surface area contributed by atoms with Gasteiger partial charge in [-0.1, -0.05) is 0 Å². The van der Waals surface area contributed by atoms with Crippen LogP contribution in [0, 0.1) is 10.7 Å². The van der Waals surface area contributed by atoms with Crippen molar-refractivity contribution in [3.63, 3.8) is 0 Å². The molecule has 0 atom stereocenters. The molecule has 1 aliphatic heterocycles. The first-order valence-electron chi connectivity index (χ1n) is 7.69. The van der Waals surface area contributed by atoms with Crippen molar-refractivity contribution < 1.29 is 19.1 Å². The van der Waals surface area contributed by atoms with Gasteiger partial charge in [-0.2, -0.15) is 0 Å². The minimum Gasteiger partial charge on any atom is -0.477 e. The van der Waals surface area contributed by atoms with Crippen LogP contribution in [0.4, 0.5) is 10.1 Å². The number of hydrogen-bond acceptors (Lipinski definition) is 4. The van der Waals surface area contributed by atoms with Crippen LogP contribution in [0.25, 0.3) is 10.9 Å². The molecule has 1 fully saturated rings. The fourth-order valence-corrected chi connectivity index (χ4v) is 2.98. The number of piperazine rings is 1. The minimum absolute atomic E-state index is 0.0421. The third kappa shape index (κ3) is 2.64. The number of halogens is 1. The Hall–Kier alpha value is -2.77. The molecule has 0 radical (unpaired) electrons. The molecule has 2 aromatic rings. The molecule has 0 bridgehead atoms. The predicted octanol–water partition coefficient (Wildman–Crippen LogP) is 1.46. The third-order valence-electron chi connectivity index (χ3n) is 4.30. The van der Waals surface area contributed by atoms with Crippen LogP contribution in [-0.2, 0) is 6.54 Å². The van der Waals surface area contributed by atoms with Gasteiger partial charge in [0.1, 0.15) is 11.4 Å². The van der Waals surface area contributed by atoms with Gasteiger partial charge in [0.05, 0.1) is 24.3 Å². The molecule has 7 nitrogen and oxygen atoms in total. The molecule has 1 aromatic heterocycles. The predicted molar refractivity (Wildman–Crippen MR) is 86.4 cm³/mol. The van der Waals surface area contributed by atoms with Gasteiger partial charge in [-0.05, 0) is 19.1 Å². The molecule has 126 valence electrons. The van der Waals surface area contributed by atoms with Crippen molar-refractivity contribution in [2.24, 2.45) is 0 Å². The van der Waals surface area contributed by atoms with E-state index in [2.05, 4.69) is 0 Å². The fourth-order valence-electron chi connectivity index (χ4n) is 2.98. The number of anilines is 1. The first-order valence-corrected chi connectivity index (χ1v) is 7.69. The number of aryl methyl sites for hydroxylation is 1. The highest BCUT2D eigenvalue weighted by Gasteiger charge is 2.25. The summed E-state index contributed by atoms with van der Waals surface area (Å²) in [5, 5.41) is 9.19. The minimum atomic E-state index is -1.33. The van der Waals surface area contributed by atoms with Gasteiger partial charge in [-0.15, -0.1) is 0 Å². The van der Waals surface area contributed by atoms with E-state index in [9.17, 15) is 18.9 Å². The summed E-state index contributed by atoms with van der Waals surface area (Å²) in [6.07, 6.45) is 1.28. The van der Waals surface area contributed by atoms with E-state index < -0.39 is 17.2 Å². The van der Waals surface area contributed by atoms with Crippen LogP contribution < -0.4 is 10.3 Å². The van der Waals surface area contributed by atoms with E-state index in [1.165, 1.54) is 6.20 Å². The summed E-state index contributed by atoms with van der Waals surface area (Å²) in [6, 6.07) is 2.65. The quantitative estimate of drug-likeness (QED) is 0.859. The largest absolute Gasteiger partial charge is 0.477 e. The van der Waals surface area contributed by atoms with Crippen LogP contribution in [-0.4, -0.2) is 46.6 Å². The number of rotatable bonds is 3. The Morgan fingerprint density at radius 3 is 2.58 bits per heavy atom. The molecular weight excluding hydrogens is 317 g/mol. The highest BCUT2D eigenvalue weighted by atomic mass is 19.1.